The molecule has 0 fully saturated rings. The maximum Gasteiger partial charge on any atom is 0.142 e. The molecule has 2 aromatic rings. The number of benzene rings is 1. The Kier molecular flexibility index (Phi) is 4.39. The molecule has 94 valence electrons. The lowest BCUT2D eigenvalue weighted by Crippen LogP contribution is -2.11. The van der Waals surface area contributed by atoms with Crippen molar-refractivity contribution in [1.29, 1.82) is 0 Å². The smallest absolute Gasteiger partial charge is 0.142 e. The Bertz CT molecular complexity index is 499. The van der Waals surface area contributed by atoms with Crippen molar-refractivity contribution in [3.8, 4) is 0 Å². The number of hydrogen-bond acceptors (Lipinski definition) is 4. The zero-order valence-electron chi connectivity index (χ0n) is 9.86. The summed E-state index contributed by atoms with van der Waals surface area (Å²) in [4.78, 5) is 4.27. The summed E-state index contributed by atoms with van der Waals surface area (Å²) in [5, 5.41) is 4.00. The van der Waals surface area contributed by atoms with Crippen molar-refractivity contribution in [2.45, 2.75) is 6.42 Å². The first-order valence-corrected chi connectivity index (χ1v) is 6.08. The third kappa shape index (κ3) is 3.61. The highest BCUT2D eigenvalue weighted by molar-refractivity contribution is 6.30. The molecule has 0 aliphatic carbocycles. The van der Waals surface area contributed by atoms with Crippen LogP contribution in [0.25, 0.3) is 0 Å². The van der Waals surface area contributed by atoms with E-state index in [9.17, 15) is 0 Å². The van der Waals surface area contributed by atoms with E-state index in [1.807, 2.05) is 42.5 Å². The van der Waals surface area contributed by atoms with Crippen molar-refractivity contribution in [2.75, 3.05) is 17.3 Å². The van der Waals surface area contributed by atoms with Crippen molar-refractivity contribution in [2.24, 2.45) is 5.84 Å². The quantitative estimate of drug-likeness (QED) is 0.573. The van der Waals surface area contributed by atoms with E-state index in [4.69, 9.17) is 17.4 Å². The van der Waals surface area contributed by atoms with Crippen LogP contribution in [0.3, 0.4) is 0 Å². The minimum Gasteiger partial charge on any atom is -0.370 e. The molecule has 18 heavy (non-hydrogen) atoms. The highest BCUT2D eigenvalue weighted by atomic mass is 35.5. The molecule has 0 radical (unpaired) electrons. The van der Waals surface area contributed by atoms with Gasteiger partial charge in [-0.25, -0.2) is 10.8 Å². The van der Waals surface area contributed by atoms with E-state index in [0.29, 0.717) is 5.82 Å². The average Bonchev–Trinajstić information content (AvgIpc) is 2.41. The fourth-order valence-corrected chi connectivity index (χ4v) is 1.73. The molecular formula is C13H15ClN4. The Balaban J connectivity index is 1.86. The van der Waals surface area contributed by atoms with E-state index < -0.39 is 0 Å². The third-order valence-corrected chi connectivity index (χ3v) is 2.78. The summed E-state index contributed by atoms with van der Waals surface area (Å²) < 4.78 is 0. The van der Waals surface area contributed by atoms with Crippen molar-refractivity contribution >= 4 is 23.2 Å². The Morgan fingerprint density at radius 3 is 2.50 bits per heavy atom. The first-order chi connectivity index (χ1) is 8.78. The van der Waals surface area contributed by atoms with Gasteiger partial charge in [-0.05, 0) is 36.2 Å². The maximum atomic E-state index is 5.83. The van der Waals surface area contributed by atoms with Crippen molar-refractivity contribution < 1.29 is 0 Å². The molecule has 0 spiro atoms. The Hall–Kier alpha value is -1.78. The summed E-state index contributed by atoms with van der Waals surface area (Å²) in [5.41, 5.74) is 3.75. The van der Waals surface area contributed by atoms with Gasteiger partial charge >= 0.3 is 0 Å². The molecule has 0 aliphatic rings. The van der Waals surface area contributed by atoms with E-state index >= 15 is 0 Å². The number of halogens is 1. The summed E-state index contributed by atoms with van der Waals surface area (Å²) in [6, 6.07) is 13.5. The van der Waals surface area contributed by atoms with Crippen LogP contribution in [0.15, 0.2) is 42.5 Å². The zero-order valence-corrected chi connectivity index (χ0v) is 10.6. The van der Waals surface area contributed by atoms with Gasteiger partial charge in [0.15, 0.2) is 0 Å². The van der Waals surface area contributed by atoms with Crippen LogP contribution in [0.4, 0.5) is 11.6 Å². The number of nitrogen functional groups attached to an aromatic ring is 1. The number of aromatic nitrogens is 1. The molecular weight excluding hydrogens is 248 g/mol. The van der Waals surface area contributed by atoms with Gasteiger partial charge in [0.2, 0.25) is 0 Å². The maximum absolute atomic E-state index is 5.83. The van der Waals surface area contributed by atoms with Crippen LogP contribution >= 0.6 is 11.6 Å². The average molecular weight is 263 g/mol. The minimum absolute atomic E-state index is 0.645. The molecule has 0 atom stereocenters. The lowest BCUT2D eigenvalue weighted by atomic mass is 10.1. The normalized spacial score (nSPS) is 10.1. The molecule has 1 aromatic carbocycles. The van der Waals surface area contributed by atoms with Gasteiger partial charge in [-0.1, -0.05) is 29.8 Å². The number of rotatable bonds is 5. The fraction of sp³-hybridized carbons (Fsp3) is 0.154. The number of hydrazine groups is 1. The molecule has 0 bridgehead atoms. The molecule has 0 amide bonds. The number of nitrogens with zero attached hydrogens (tertiary/aromatic N) is 1. The molecule has 5 heteroatoms. The van der Waals surface area contributed by atoms with Crippen molar-refractivity contribution in [3.63, 3.8) is 0 Å². The van der Waals surface area contributed by atoms with E-state index in [1.54, 1.807) is 0 Å². The summed E-state index contributed by atoms with van der Waals surface area (Å²) in [6.07, 6.45) is 0.916. The summed E-state index contributed by atoms with van der Waals surface area (Å²) >= 11 is 5.83. The molecule has 2 rings (SSSR count). The summed E-state index contributed by atoms with van der Waals surface area (Å²) in [6.45, 7) is 0.808. The molecule has 0 unspecified atom stereocenters. The second kappa shape index (κ2) is 6.23. The monoisotopic (exact) mass is 262 g/mol. The van der Waals surface area contributed by atoms with Gasteiger partial charge in [0, 0.05) is 11.6 Å². The van der Waals surface area contributed by atoms with E-state index in [0.717, 1.165) is 23.8 Å². The molecule has 0 aliphatic heterocycles. The van der Waals surface area contributed by atoms with E-state index in [-0.39, 0.29) is 0 Å². The predicted octanol–water partition coefficient (Wildman–Crippen LogP) is 2.68. The topological polar surface area (TPSA) is 63.0 Å². The van der Waals surface area contributed by atoms with Crippen LogP contribution in [-0.4, -0.2) is 11.5 Å². The second-order valence-corrected chi connectivity index (χ2v) is 4.29. The standard InChI is InChI=1S/C13H15ClN4/c14-11-6-4-10(5-7-11)8-9-16-12-2-1-3-13(17-12)18-15/h1-7H,8-9,15H2,(H2,16,17,18). The molecule has 4 nitrogen and oxygen atoms in total. The number of pyridine rings is 1. The third-order valence-electron chi connectivity index (χ3n) is 2.53. The SMILES string of the molecule is NNc1cccc(NCCc2ccc(Cl)cc2)n1. The largest absolute Gasteiger partial charge is 0.370 e. The Morgan fingerprint density at radius 2 is 1.78 bits per heavy atom. The second-order valence-electron chi connectivity index (χ2n) is 3.86. The van der Waals surface area contributed by atoms with Crippen molar-refractivity contribution in [1.82, 2.24) is 4.98 Å². The minimum atomic E-state index is 0.645. The highest BCUT2D eigenvalue weighted by Gasteiger charge is 1.97. The number of anilines is 2. The summed E-state index contributed by atoms with van der Waals surface area (Å²) in [7, 11) is 0. The van der Waals surface area contributed by atoms with Gasteiger partial charge in [-0.2, -0.15) is 0 Å². The van der Waals surface area contributed by atoms with Gasteiger partial charge in [-0.15, -0.1) is 0 Å². The number of nitrogens with one attached hydrogen (secondary N) is 2. The van der Waals surface area contributed by atoms with Gasteiger partial charge < -0.3 is 10.7 Å². The van der Waals surface area contributed by atoms with E-state index in [1.165, 1.54) is 5.56 Å². The van der Waals surface area contributed by atoms with Crippen molar-refractivity contribution in [3.05, 3.63) is 53.1 Å². The van der Waals surface area contributed by atoms with Crippen LogP contribution in [-0.2, 0) is 6.42 Å². The number of nitrogens with two attached hydrogens (primary N) is 1. The van der Waals surface area contributed by atoms with Crippen LogP contribution in [0.2, 0.25) is 5.02 Å². The zero-order chi connectivity index (χ0) is 12.8. The van der Waals surface area contributed by atoms with Gasteiger partial charge in [0.1, 0.15) is 11.6 Å². The predicted molar refractivity (Wildman–Crippen MR) is 75.7 cm³/mol. The highest BCUT2D eigenvalue weighted by Crippen LogP contribution is 2.11. The fourth-order valence-electron chi connectivity index (χ4n) is 1.60. The van der Waals surface area contributed by atoms with Gasteiger partial charge in [0.05, 0.1) is 0 Å². The van der Waals surface area contributed by atoms with E-state index in [2.05, 4.69) is 15.7 Å². The summed E-state index contributed by atoms with van der Waals surface area (Å²) in [5.74, 6) is 6.75. The lowest BCUT2D eigenvalue weighted by molar-refractivity contribution is 1.01. The Morgan fingerprint density at radius 1 is 1.06 bits per heavy atom. The first-order valence-electron chi connectivity index (χ1n) is 5.70. The molecule has 4 N–H and O–H groups in total. The molecule has 0 saturated carbocycles. The molecule has 1 aromatic heterocycles. The van der Waals surface area contributed by atoms with Crippen LogP contribution in [0.5, 0.6) is 0 Å². The van der Waals surface area contributed by atoms with Gasteiger partial charge in [0.25, 0.3) is 0 Å². The molecule has 1 heterocycles. The Labute approximate surface area is 111 Å². The number of hydrogen-bond donors (Lipinski definition) is 3. The molecule has 0 saturated heterocycles. The first kappa shape index (κ1) is 12.7. The van der Waals surface area contributed by atoms with Crippen LogP contribution in [0.1, 0.15) is 5.56 Å². The van der Waals surface area contributed by atoms with Crippen LogP contribution in [0, 0.1) is 0 Å². The lowest BCUT2D eigenvalue weighted by Gasteiger charge is -2.07. The van der Waals surface area contributed by atoms with Crippen LogP contribution < -0.4 is 16.6 Å². The van der Waals surface area contributed by atoms with Gasteiger partial charge in [-0.3, -0.25) is 0 Å².